The lowest BCUT2D eigenvalue weighted by Gasteiger charge is -2.44. The number of aromatic hydroxyl groups is 1. The van der Waals surface area contributed by atoms with E-state index in [1.807, 2.05) is 6.92 Å². The fourth-order valence-corrected chi connectivity index (χ4v) is 6.82. The molecule has 0 spiro atoms. The fraction of sp³-hybridized carbons (Fsp3) is 0.667. The Balaban J connectivity index is 1.79. The lowest BCUT2D eigenvalue weighted by molar-refractivity contribution is -0.276. The number of aliphatic hydroxyl groups is 1. The topological polar surface area (TPSA) is 112 Å². The normalized spacial score (nSPS) is 34.1. The number of carbonyl (C=O) groups is 2. The Morgan fingerprint density at radius 3 is 2.18 bits per heavy atom. The number of ether oxygens (including phenoxy) is 4. The van der Waals surface area contributed by atoms with E-state index in [0.717, 1.165) is 30.4 Å². The van der Waals surface area contributed by atoms with Crippen LogP contribution in [-0.2, 0) is 23.8 Å². The van der Waals surface area contributed by atoms with Crippen LogP contribution in [-0.4, -0.2) is 52.9 Å². The number of hydrogen-bond acceptors (Lipinski definition) is 8. The van der Waals surface area contributed by atoms with E-state index in [2.05, 4.69) is 33.8 Å². The third-order valence-corrected chi connectivity index (χ3v) is 8.38. The molecule has 2 aliphatic carbocycles. The maximum absolute atomic E-state index is 11.8. The summed E-state index contributed by atoms with van der Waals surface area (Å²) in [6.07, 6.45) is -0.266. The largest absolute Gasteiger partial charge is 0.504 e. The van der Waals surface area contributed by atoms with Crippen molar-refractivity contribution in [3.8, 4) is 11.5 Å². The molecule has 1 saturated heterocycles. The van der Waals surface area contributed by atoms with Crippen LogP contribution < -0.4 is 4.74 Å². The van der Waals surface area contributed by atoms with Crippen molar-refractivity contribution in [1.82, 2.24) is 0 Å². The number of carbonyl (C=O) groups excluding carboxylic acids is 2. The van der Waals surface area contributed by atoms with E-state index < -0.39 is 42.6 Å². The number of allylic oxidation sites excluding steroid dienone is 2. The van der Waals surface area contributed by atoms with E-state index in [-0.39, 0.29) is 23.3 Å². The predicted octanol–water partition coefficient (Wildman–Crippen LogP) is 5.12. The monoisotopic (exact) mass is 530 g/mol. The van der Waals surface area contributed by atoms with Crippen LogP contribution in [0.2, 0.25) is 0 Å². The summed E-state index contributed by atoms with van der Waals surface area (Å²) in [5.74, 6) is 0.354. The number of aliphatic hydroxyl groups excluding tert-OH is 1. The van der Waals surface area contributed by atoms with Crippen LogP contribution >= 0.6 is 0 Å². The molecule has 210 valence electrons. The van der Waals surface area contributed by atoms with Gasteiger partial charge in [-0.15, -0.1) is 0 Å². The molecule has 0 saturated carbocycles. The maximum Gasteiger partial charge on any atom is 0.303 e. The van der Waals surface area contributed by atoms with Crippen molar-refractivity contribution in [3.05, 3.63) is 33.9 Å². The van der Waals surface area contributed by atoms with Gasteiger partial charge >= 0.3 is 11.9 Å². The summed E-state index contributed by atoms with van der Waals surface area (Å²) >= 11 is 0. The summed E-state index contributed by atoms with van der Waals surface area (Å²) in [4.78, 5) is 23.5. The third-order valence-electron chi connectivity index (χ3n) is 8.38. The van der Waals surface area contributed by atoms with Gasteiger partial charge in [-0.2, -0.15) is 0 Å². The smallest absolute Gasteiger partial charge is 0.303 e. The highest BCUT2D eigenvalue weighted by atomic mass is 16.7. The van der Waals surface area contributed by atoms with Gasteiger partial charge in [-0.3, -0.25) is 9.59 Å². The Bertz CT molecular complexity index is 1120. The zero-order valence-corrected chi connectivity index (χ0v) is 23.7. The second-order valence-corrected chi connectivity index (χ2v) is 11.7. The average Bonchev–Trinajstić information content (AvgIpc) is 2.80. The minimum atomic E-state index is -1.45. The van der Waals surface area contributed by atoms with Crippen LogP contribution in [0, 0.1) is 12.8 Å². The van der Waals surface area contributed by atoms with Gasteiger partial charge in [-0.25, -0.2) is 0 Å². The fourth-order valence-electron chi connectivity index (χ4n) is 6.82. The zero-order chi connectivity index (χ0) is 28.0. The van der Waals surface area contributed by atoms with Gasteiger partial charge in [-0.05, 0) is 81.4 Å². The minimum Gasteiger partial charge on any atom is -0.504 e. The molecule has 1 aromatic rings. The van der Waals surface area contributed by atoms with E-state index in [1.54, 1.807) is 6.92 Å². The Hall–Kier alpha value is -2.58. The number of benzene rings is 1. The summed E-state index contributed by atoms with van der Waals surface area (Å²) in [6, 6.07) is 0. The Morgan fingerprint density at radius 2 is 1.58 bits per heavy atom. The van der Waals surface area contributed by atoms with E-state index in [4.69, 9.17) is 18.9 Å². The van der Waals surface area contributed by atoms with Gasteiger partial charge in [0, 0.05) is 25.3 Å². The standard InChI is InChI=1S/C30H42O8/c1-13(2)11-20-12-15(4)21-10-9-14(3)22-24(21)23(20)16(5)27(25(22)33)38-30-26(34)29(37-19(8)32)28(17(6)35-30)36-18(7)31/h11,14-15,17,20-21,26,28-30,33-34H,9-10,12H2,1-8H3. The molecule has 0 aromatic heterocycles. The van der Waals surface area contributed by atoms with Crippen LogP contribution in [0.15, 0.2) is 11.6 Å². The zero-order valence-electron chi connectivity index (χ0n) is 23.7. The Kier molecular flexibility index (Phi) is 8.15. The molecule has 8 nitrogen and oxygen atoms in total. The Morgan fingerprint density at radius 1 is 0.947 bits per heavy atom. The molecule has 1 heterocycles. The number of phenols is 1. The summed E-state index contributed by atoms with van der Waals surface area (Å²) in [5, 5.41) is 22.8. The van der Waals surface area contributed by atoms with Gasteiger partial charge in [0.15, 0.2) is 29.8 Å². The van der Waals surface area contributed by atoms with Crippen LogP contribution in [0.5, 0.6) is 11.5 Å². The summed E-state index contributed by atoms with van der Waals surface area (Å²) in [5.41, 5.74) is 5.41. The number of phenolic OH excluding ortho intramolecular Hbond substituents is 1. The van der Waals surface area contributed by atoms with Crippen LogP contribution in [0.4, 0.5) is 0 Å². The highest BCUT2D eigenvalue weighted by Gasteiger charge is 2.50. The van der Waals surface area contributed by atoms with Crippen molar-refractivity contribution >= 4 is 11.9 Å². The number of hydrogen-bond donors (Lipinski definition) is 2. The van der Waals surface area contributed by atoms with Gasteiger partial charge in [0.2, 0.25) is 6.29 Å². The van der Waals surface area contributed by atoms with Crippen molar-refractivity contribution in [1.29, 1.82) is 0 Å². The Labute approximate surface area is 225 Å². The quantitative estimate of drug-likeness (QED) is 0.399. The summed E-state index contributed by atoms with van der Waals surface area (Å²) in [6.45, 7) is 14.7. The highest BCUT2D eigenvalue weighted by molar-refractivity contribution is 5.68. The first-order valence-electron chi connectivity index (χ1n) is 13.7. The van der Waals surface area contributed by atoms with E-state index in [0.29, 0.717) is 11.8 Å². The molecule has 0 amide bonds. The van der Waals surface area contributed by atoms with Crippen molar-refractivity contribution in [2.24, 2.45) is 5.92 Å². The molecular formula is C30H42O8. The lowest BCUT2D eigenvalue weighted by atomic mass is 9.62. The summed E-state index contributed by atoms with van der Waals surface area (Å²) < 4.78 is 22.9. The molecule has 1 fully saturated rings. The van der Waals surface area contributed by atoms with E-state index in [1.165, 1.54) is 30.5 Å². The molecule has 9 atom stereocenters. The molecule has 0 radical (unpaired) electrons. The summed E-state index contributed by atoms with van der Waals surface area (Å²) in [7, 11) is 0. The van der Waals surface area contributed by atoms with E-state index in [9.17, 15) is 19.8 Å². The molecule has 9 unspecified atom stereocenters. The first kappa shape index (κ1) is 28.4. The maximum atomic E-state index is 11.8. The van der Waals surface area contributed by atoms with Gasteiger partial charge < -0.3 is 29.2 Å². The van der Waals surface area contributed by atoms with E-state index >= 15 is 0 Å². The van der Waals surface area contributed by atoms with Crippen molar-refractivity contribution in [2.45, 2.75) is 123 Å². The molecular weight excluding hydrogens is 488 g/mol. The molecule has 2 N–H and O–H groups in total. The SMILES string of the molecule is CC(=O)OC1C(C)OC(Oc2c(C)c3c4c(c2O)C(C)CCC4C(C)CC3C=C(C)C)C(O)C1OC(C)=O. The molecule has 1 aromatic carbocycles. The van der Waals surface area contributed by atoms with Gasteiger partial charge in [0.25, 0.3) is 0 Å². The molecule has 3 aliphatic rings. The molecule has 4 rings (SSSR count). The predicted molar refractivity (Wildman–Crippen MR) is 141 cm³/mol. The van der Waals surface area contributed by atoms with Gasteiger partial charge in [0.05, 0.1) is 6.10 Å². The van der Waals surface area contributed by atoms with Crippen molar-refractivity contribution in [2.75, 3.05) is 0 Å². The van der Waals surface area contributed by atoms with Gasteiger partial charge in [0.1, 0.15) is 0 Å². The average molecular weight is 531 g/mol. The molecule has 8 heteroatoms. The third kappa shape index (κ3) is 5.17. The van der Waals surface area contributed by atoms with Crippen LogP contribution in [0.25, 0.3) is 0 Å². The highest BCUT2D eigenvalue weighted by Crippen LogP contribution is 2.58. The van der Waals surface area contributed by atoms with Crippen molar-refractivity contribution in [3.63, 3.8) is 0 Å². The second kappa shape index (κ2) is 10.9. The molecule has 1 aliphatic heterocycles. The number of esters is 2. The van der Waals surface area contributed by atoms with Crippen LogP contribution in [0.3, 0.4) is 0 Å². The first-order chi connectivity index (χ1) is 17.8. The minimum absolute atomic E-state index is 0.0816. The molecule has 38 heavy (non-hydrogen) atoms. The number of rotatable bonds is 5. The lowest BCUT2D eigenvalue weighted by Crippen LogP contribution is -2.60. The molecule has 0 bridgehead atoms. The first-order valence-corrected chi connectivity index (χ1v) is 13.7. The second-order valence-electron chi connectivity index (χ2n) is 11.7. The van der Waals surface area contributed by atoms with Crippen LogP contribution in [0.1, 0.15) is 108 Å². The van der Waals surface area contributed by atoms with Gasteiger partial charge in [-0.1, -0.05) is 25.5 Å². The van der Waals surface area contributed by atoms with Crippen molar-refractivity contribution < 1.29 is 38.7 Å².